The number of aromatic nitrogens is 2. The van der Waals surface area contributed by atoms with Crippen molar-refractivity contribution in [3.8, 4) is 0 Å². The Labute approximate surface area is 89.4 Å². The largest absolute Gasteiger partial charge is 0.397 e. The summed E-state index contributed by atoms with van der Waals surface area (Å²) in [4.78, 5) is 0. The second-order valence-corrected chi connectivity index (χ2v) is 3.51. The Morgan fingerprint density at radius 1 is 1.38 bits per heavy atom. The molecule has 0 aliphatic carbocycles. The number of rotatable bonds is 2. The van der Waals surface area contributed by atoms with Crippen molar-refractivity contribution in [1.29, 1.82) is 0 Å². The van der Waals surface area contributed by atoms with Gasteiger partial charge in [-0.3, -0.25) is 5.10 Å². The number of nitrogens with zero attached hydrogens (tertiary/aromatic N) is 1. The Balaban J connectivity index is 2.57. The number of para-hydroxylation sites is 1. The molecule has 1 aromatic heterocycles. The highest BCUT2D eigenvalue weighted by atomic mass is 19.4. The van der Waals surface area contributed by atoms with E-state index >= 15 is 0 Å². The van der Waals surface area contributed by atoms with Crippen LogP contribution in [0.4, 0.5) is 13.2 Å². The average molecular weight is 229 g/mol. The first-order valence-electron chi connectivity index (χ1n) is 4.73. The van der Waals surface area contributed by atoms with Crippen LogP contribution in [0.5, 0.6) is 0 Å². The molecule has 2 aromatic rings. The number of hydrogen-bond acceptors (Lipinski definition) is 2. The monoisotopic (exact) mass is 229 g/mol. The molecule has 0 bridgehead atoms. The summed E-state index contributed by atoms with van der Waals surface area (Å²) in [6.07, 6.45) is -2.85. The van der Waals surface area contributed by atoms with Crippen LogP contribution in [0.25, 0.3) is 10.9 Å². The molecular weight excluding hydrogens is 219 g/mol. The van der Waals surface area contributed by atoms with Crippen molar-refractivity contribution in [3.63, 3.8) is 0 Å². The third kappa shape index (κ3) is 1.76. The summed E-state index contributed by atoms with van der Waals surface area (Å²) >= 11 is 0. The number of fused-ring (bicyclic) bond motifs is 1. The number of halogens is 3. The van der Waals surface area contributed by atoms with Gasteiger partial charge in [-0.1, -0.05) is 18.2 Å². The lowest BCUT2D eigenvalue weighted by Gasteiger charge is -2.19. The number of hydrogen-bond donors (Lipinski definition) is 2. The molecule has 0 amide bonds. The van der Waals surface area contributed by atoms with Crippen molar-refractivity contribution in [2.45, 2.75) is 12.1 Å². The molecule has 1 heterocycles. The lowest BCUT2D eigenvalue weighted by molar-refractivity contribution is -0.147. The molecule has 6 heteroatoms. The van der Waals surface area contributed by atoms with Gasteiger partial charge in [-0.2, -0.15) is 18.3 Å². The molecule has 86 valence electrons. The maximum atomic E-state index is 12.7. The first kappa shape index (κ1) is 10.9. The quantitative estimate of drug-likeness (QED) is 0.829. The van der Waals surface area contributed by atoms with E-state index in [2.05, 4.69) is 10.2 Å². The van der Waals surface area contributed by atoms with Crippen LogP contribution in [-0.2, 0) is 0 Å². The van der Waals surface area contributed by atoms with Crippen molar-refractivity contribution in [3.05, 3.63) is 30.0 Å². The van der Waals surface area contributed by atoms with Crippen molar-refractivity contribution in [2.75, 3.05) is 6.54 Å². The van der Waals surface area contributed by atoms with Gasteiger partial charge in [-0.25, -0.2) is 0 Å². The maximum absolute atomic E-state index is 12.7. The first-order valence-corrected chi connectivity index (χ1v) is 4.73. The summed E-state index contributed by atoms with van der Waals surface area (Å²) in [7, 11) is 0. The first-order chi connectivity index (χ1) is 7.54. The van der Waals surface area contributed by atoms with Gasteiger partial charge < -0.3 is 5.73 Å². The second-order valence-electron chi connectivity index (χ2n) is 3.51. The molecular formula is C10H10F3N3. The minimum atomic E-state index is -4.34. The van der Waals surface area contributed by atoms with Crippen LogP contribution in [0.3, 0.4) is 0 Å². The Morgan fingerprint density at radius 3 is 2.75 bits per heavy atom. The summed E-state index contributed by atoms with van der Waals surface area (Å²) < 4.78 is 38.2. The third-order valence-corrected chi connectivity index (χ3v) is 2.52. The smallest absolute Gasteiger partial charge is 0.330 e. The van der Waals surface area contributed by atoms with Gasteiger partial charge >= 0.3 is 6.18 Å². The molecule has 2 rings (SSSR count). The summed E-state index contributed by atoms with van der Waals surface area (Å²) in [5, 5.41) is 6.95. The SMILES string of the molecule is NCC(c1cccc2cn[nH]c12)C(F)(F)F. The maximum Gasteiger partial charge on any atom is 0.397 e. The van der Waals surface area contributed by atoms with E-state index < -0.39 is 18.6 Å². The zero-order chi connectivity index (χ0) is 11.8. The Bertz CT molecular complexity index is 489. The van der Waals surface area contributed by atoms with Crippen molar-refractivity contribution >= 4 is 10.9 Å². The van der Waals surface area contributed by atoms with E-state index in [1.54, 1.807) is 12.1 Å². The summed E-state index contributed by atoms with van der Waals surface area (Å²) in [5.41, 5.74) is 5.74. The minimum Gasteiger partial charge on any atom is -0.330 e. The van der Waals surface area contributed by atoms with Gasteiger partial charge in [0.15, 0.2) is 0 Å². The van der Waals surface area contributed by atoms with E-state index in [9.17, 15) is 13.2 Å². The highest BCUT2D eigenvalue weighted by molar-refractivity contribution is 5.81. The van der Waals surface area contributed by atoms with E-state index in [1.807, 2.05) is 0 Å². The molecule has 3 N–H and O–H groups in total. The predicted molar refractivity (Wildman–Crippen MR) is 53.9 cm³/mol. The van der Waals surface area contributed by atoms with Gasteiger partial charge in [0.1, 0.15) is 0 Å². The normalized spacial score (nSPS) is 14.2. The molecule has 0 aliphatic rings. The van der Waals surface area contributed by atoms with Crippen LogP contribution in [0.1, 0.15) is 11.5 Å². The molecule has 0 radical (unpaired) electrons. The standard InChI is InChI=1S/C10H10F3N3/c11-10(12,13)8(4-14)7-3-1-2-6-5-15-16-9(6)7/h1-3,5,8H,4,14H2,(H,15,16). The molecule has 16 heavy (non-hydrogen) atoms. The molecule has 0 aliphatic heterocycles. The van der Waals surface area contributed by atoms with E-state index in [1.165, 1.54) is 12.3 Å². The van der Waals surface area contributed by atoms with Gasteiger partial charge in [0.25, 0.3) is 0 Å². The van der Waals surface area contributed by atoms with Crippen LogP contribution < -0.4 is 5.73 Å². The fraction of sp³-hybridized carbons (Fsp3) is 0.300. The summed E-state index contributed by atoms with van der Waals surface area (Å²) in [6.45, 7) is -0.471. The van der Waals surface area contributed by atoms with E-state index in [0.717, 1.165) is 0 Å². The minimum absolute atomic E-state index is 0.144. The van der Waals surface area contributed by atoms with Gasteiger partial charge in [0.05, 0.1) is 17.6 Å². The van der Waals surface area contributed by atoms with Crippen LogP contribution in [-0.4, -0.2) is 22.9 Å². The number of nitrogens with one attached hydrogen (secondary N) is 1. The van der Waals surface area contributed by atoms with Crippen LogP contribution in [0, 0.1) is 0 Å². The molecule has 0 saturated heterocycles. The Morgan fingerprint density at radius 2 is 2.12 bits per heavy atom. The number of aromatic amines is 1. The van der Waals surface area contributed by atoms with Crippen molar-refractivity contribution < 1.29 is 13.2 Å². The number of nitrogens with two attached hydrogens (primary N) is 1. The van der Waals surface area contributed by atoms with E-state index in [-0.39, 0.29) is 5.56 Å². The topological polar surface area (TPSA) is 54.7 Å². The fourth-order valence-corrected chi connectivity index (χ4v) is 1.72. The number of H-pyrrole nitrogens is 1. The summed E-state index contributed by atoms with van der Waals surface area (Å²) in [6, 6.07) is 4.69. The average Bonchev–Trinajstić information content (AvgIpc) is 2.65. The summed E-state index contributed by atoms with van der Waals surface area (Å²) in [5.74, 6) is -1.66. The zero-order valence-corrected chi connectivity index (χ0v) is 8.25. The molecule has 0 spiro atoms. The molecule has 3 nitrogen and oxygen atoms in total. The van der Waals surface area contributed by atoms with Gasteiger partial charge in [-0.15, -0.1) is 0 Å². The zero-order valence-electron chi connectivity index (χ0n) is 8.25. The highest BCUT2D eigenvalue weighted by Gasteiger charge is 2.40. The van der Waals surface area contributed by atoms with E-state index in [0.29, 0.717) is 10.9 Å². The predicted octanol–water partition coefficient (Wildman–Crippen LogP) is 2.17. The number of alkyl halides is 3. The Hall–Kier alpha value is -1.56. The van der Waals surface area contributed by atoms with Gasteiger partial charge in [0, 0.05) is 11.9 Å². The lowest BCUT2D eigenvalue weighted by atomic mass is 9.96. The highest BCUT2D eigenvalue weighted by Crippen LogP contribution is 2.36. The molecule has 0 saturated carbocycles. The van der Waals surface area contributed by atoms with Gasteiger partial charge in [-0.05, 0) is 5.56 Å². The van der Waals surface area contributed by atoms with Crippen molar-refractivity contribution in [2.24, 2.45) is 5.73 Å². The fourth-order valence-electron chi connectivity index (χ4n) is 1.72. The molecule has 1 atom stereocenters. The van der Waals surface area contributed by atoms with Gasteiger partial charge in [0.2, 0.25) is 0 Å². The molecule has 0 fully saturated rings. The molecule has 1 unspecified atom stereocenters. The molecule has 1 aromatic carbocycles. The van der Waals surface area contributed by atoms with Crippen LogP contribution in [0.15, 0.2) is 24.4 Å². The van der Waals surface area contributed by atoms with Crippen molar-refractivity contribution in [1.82, 2.24) is 10.2 Å². The van der Waals surface area contributed by atoms with Crippen LogP contribution in [0.2, 0.25) is 0 Å². The van der Waals surface area contributed by atoms with E-state index in [4.69, 9.17) is 5.73 Å². The number of benzene rings is 1. The third-order valence-electron chi connectivity index (χ3n) is 2.52. The Kier molecular flexibility index (Phi) is 2.59. The van der Waals surface area contributed by atoms with Crippen LogP contribution >= 0.6 is 0 Å². The second kappa shape index (κ2) is 3.79. The lowest BCUT2D eigenvalue weighted by Crippen LogP contribution is -2.28.